The zero-order valence-corrected chi connectivity index (χ0v) is 17.4. The van der Waals surface area contributed by atoms with E-state index >= 15 is 0 Å². The van der Waals surface area contributed by atoms with E-state index in [2.05, 4.69) is 16.6 Å². The predicted molar refractivity (Wildman–Crippen MR) is 111 cm³/mol. The van der Waals surface area contributed by atoms with Crippen molar-refractivity contribution in [1.82, 2.24) is 4.72 Å². The third-order valence-electron chi connectivity index (χ3n) is 4.12. The van der Waals surface area contributed by atoms with Crippen molar-refractivity contribution < 1.29 is 22.7 Å². The number of aryl methyl sites for hydroxylation is 2. The Balaban J connectivity index is 2.02. The molecule has 0 unspecified atom stereocenters. The Bertz CT molecular complexity index is 1010. The third-order valence-corrected chi connectivity index (χ3v) is 5.56. The van der Waals surface area contributed by atoms with Crippen LogP contribution in [-0.2, 0) is 19.6 Å². The Labute approximate surface area is 170 Å². The normalized spacial score (nSPS) is 12.1. The van der Waals surface area contributed by atoms with Gasteiger partial charge in [-0.3, -0.25) is 4.79 Å². The number of esters is 1. The summed E-state index contributed by atoms with van der Waals surface area (Å²) in [6, 6.07) is 10.9. The largest absolute Gasteiger partial charge is 0.449 e. The van der Waals surface area contributed by atoms with E-state index in [-0.39, 0.29) is 17.0 Å². The zero-order chi connectivity index (χ0) is 21.6. The lowest BCUT2D eigenvalue weighted by Crippen LogP contribution is -2.30. The Morgan fingerprint density at radius 3 is 2.41 bits per heavy atom. The van der Waals surface area contributed by atoms with Crippen LogP contribution in [-0.4, -0.2) is 32.9 Å². The number of ether oxygens (including phenoxy) is 1. The van der Waals surface area contributed by atoms with E-state index in [9.17, 15) is 18.0 Å². The first-order valence-electron chi connectivity index (χ1n) is 8.94. The van der Waals surface area contributed by atoms with Crippen LogP contribution >= 0.6 is 0 Å². The van der Waals surface area contributed by atoms with Crippen molar-refractivity contribution >= 4 is 27.6 Å². The van der Waals surface area contributed by atoms with E-state index in [0.29, 0.717) is 5.69 Å². The topological polar surface area (TPSA) is 102 Å². The van der Waals surface area contributed by atoms with Crippen molar-refractivity contribution in [3.05, 3.63) is 71.8 Å². The standard InChI is InChI=1S/C21H24N2O5S/c1-5-12-22-29(26,27)18-10-8-17(9-11-18)21(25)28-16(4)20(24)23-19-13-14(2)6-7-15(19)3/h5-11,13,16,22H,1,12H2,2-4H3,(H,23,24)/t16-/m0/s1. The first-order valence-corrected chi connectivity index (χ1v) is 10.4. The van der Waals surface area contributed by atoms with E-state index < -0.39 is 28.0 Å². The highest BCUT2D eigenvalue weighted by Crippen LogP contribution is 2.17. The van der Waals surface area contributed by atoms with Crippen LogP contribution in [0, 0.1) is 13.8 Å². The number of anilines is 1. The zero-order valence-electron chi connectivity index (χ0n) is 16.6. The minimum Gasteiger partial charge on any atom is -0.449 e. The number of carbonyl (C=O) groups is 2. The number of benzene rings is 2. The smallest absolute Gasteiger partial charge is 0.338 e. The fourth-order valence-electron chi connectivity index (χ4n) is 2.41. The molecule has 0 spiro atoms. The molecule has 1 atom stereocenters. The number of amides is 1. The van der Waals surface area contributed by atoms with E-state index in [1.807, 2.05) is 32.0 Å². The van der Waals surface area contributed by atoms with E-state index in [1.54, 1.807) is 0 Å². The van der Waals surface area contributed by atoms with Crippen molar-refractivity contribution in [1.29, 1.82) is 0 Å². The Morgan fingerprint density at radius 2 is 1.79 bits per heavy atom. The summed E-state index contributed by atoms with van der Waals surface area (Å²) >= 11 is 0. The van der Waals surface area contributed by atoms with Crippen molar-refractivity contribution in [2.75, 3.05) is 11.9 Å². The van der Waals surface area contributed by atoms with E-state index in [0.717, 1.165) is 11.1 Å². The Hall–Kier alpha value is -2.97. The van der Waals surface area contributed by atoms with Gasteiger partial charge in [0.25, 0.3) is 5.91 Å². The molecule has 0 aliphatic carbocycles. The first-order chi connectivity index (χ1) is 13.6. The van der Waals surface area contributed by atoms with Gasteiger partial charge in [0.1, 0.15) is 0 Å². The molecule has 0 saturated carbocycles. The van der Waals surface area contributed by atoms with Gasteiger partial charge in [0, 0.05) is 12.2 Å². The summed E-state index contributed by atoms with van der Waals surface area (Å²) in [6.07, 6.45) is 0.397. The minimum absolute atomic E-state index is 0.0108. The van der Waals surface area contributed by atoms with Gasteiger partial charge in [-0.25, -0.2) is 17.9 Å². The molecule has 2 rings (SSSR count). The number of sulfonamides is 1. The highest BCUT2D eigenvalue weighted by atomic mass is 32.2. The maximum Gasteiger partial charge on any atom is 0.338 e. The molecule has 8 heteroatoms. The maximum atomic E-state index is 12.3. The molecule has 2 aromatic rings. The van der Waals surface area contributed by atoms with Crippen molar-refractivity contribution in [3.63, 3.8) is 0 Å². The molecule has 7 nitrogen and oxygen atoms in total. The molecule has 0 aliphatic heterocycles. The van der Waals surface area contributed by atoms with Crippen LogP contribution < -0.4 is 10.0 Å². The van der Waals surface area contributed by atoms with Gasteiger partial charge in [-0.1, -0.05) is 18.2 Å². The summed E-state index contributed by atoms with van der Waals surface area (Å²) < 4.78 is 31.6. The number of hydrogen-bond acceptors (Lipinski definition) is 5. The average molecular weight is 416 g/mol. The van der Waals surface area contributed by atoms with Crippen molar-refractivity contribution in [2.24, 2.45) is 0 Å². The van der Waals surface area contributed by atoms with E-state index in [4.69, 9.17) is 4.74 Å². The molecule has 29 heavy (non-hydrogen) atoms. The van der Waals surface area contributed by atoms with Gasteiger partial charge in [0.2, 0.25) is 10.0 Å². The minimum atomic E-state index is -3.68. The van der Waals surface area contributed by atoms with Gasteiger partial charge in [0.05, 0.1) is 10.5 Å². The lowest BCUT2D eigenvalue weighted by atomic mass is 10.1. The molecule has 0 fully saturated rings. The van der Waals surface area contributed by atoms with Crippen LogP contribution in [0.15, 0.2) is 60.0 Å². The molecule has 154 valence electrons. The van der Waals surface area contributed by atoms with Crippen LogP contribution in [0.5, 0.6) is 0 Å². The highest BCUT2D eigenvalue weighted by molar-refractivity contribution is 7.89. The number of hydrogen-bond donors (Lipinski definition) is 2. The van der Waals surface area contributed by atoms with Gasteiger partial charge in [-0.2, -0.15) is 0 Å². The molecule has 0 aromatic heterocycles. The number of nitrogens with one attached hydrogen (secondary N) is 2. The van der Waals surface area contributed by atoms with Gasteiger partial charge in [-0.15, -0.1) is 6.58 Å². The third kappa shape index (κ3) is 6.00. The molecule has 0 heterocycles. The van der Waals surface area contributed by atoms with Gasteiger partial charge >= 0.3 is 5.97 Å². The first kappa shape index (κ1) is 22.3. The molecule has 0 radical (unpaired) electrons. The van der Waals surface area contributed by atoms with Gasteiger partial charge in [-0.05, 0) is 62.2 Å². The molecular formula is C21H24N2O5S. The molecule has 0 aliphatic rings. The van der Waals surface area contributed by atoms with Crippen LogP contribution in [0.25, 0.3) is 0 Å². The second-order valence-corrected chi connectivity index (χ2v) is 8.29. The highest BCUT2D eigenvalue weighted by Gasteiger charge is 2.20. The molecule has 0 saturated heterocycles. The summed E-state index contributed by atoms with van der Waals surface area (Å²) in [6.45, 7) is 8.79. The summed E-state index contributed by atoms with van der Waals surface area (Å²) in [7, 11) is -3.68. The SMILES string of the molecule is C=CCNS(=O)(=O)c1ccc(C(=O)O[C@@H](C)C(=O)Nc2cc(C)ccc2C)cc1. The lowest BCUT2D eigenvalue weighted by molar-refractivity contribution is -0.123. The summed E-state index contributed by atoms with van der Waals surface area (Å²) in [4.78, 5) is 24.6. The molecule has 2 N–H and O–H groups in total. The molecule has 0 bridgehead atoms. The fraction of sp³-hybridized carbons (Fsp3) is 0.238. The summed E-state index contributed by atoms with van der Waals surface area (Å²) in [5, 5.41) is 2.74. The lowest BCUT2D eigenvalue weighted by Gasteiger charge is -2.15. The fourth-order valence-corrected chi connectivity index (χ4v) is 3.41. The summed E-state index contributed by atoms with van der Waals surface area (Å²) in [5.74, 6) is -1.18. The van der Waals surface area contributed by atoms with Gasteiger partial charge in [0.15, 0.2) is 6.10 Å². The number of carbonyl (C=O) groups excluding carboxylic acids is 2. The second-order valence-electron chi connectivity index (χ2n) is 6.52. The molecular weight excluding hydrogens is 392 g/mol. The van der Waals surface area contributed by atoms with E-state index in [1.165, 1.54) is 37.3 Å². The van der Waals surface area contributed by atoms with Crippen LogP contribution in [0.3, 0.4) is 0 Å². The Kier molecular flexibility index (Phi) is 7.30. The van der Waals surface area contributed by atoms with Crippen LogP contribution in [0.4, 0.5) is 5.69 Å². The van der Waals surface area contributed by atoms with Gasteiger partial charge < -0.3 is 10.1 Å². The maximum absolute atomic E-state index is 12.3. The predicted octanol–water partition coefficient (Wildman–Crippen LogP) is 2.95. The monoisotopic (exact) mass is 416 g/mol. The van der Waals surface area contributed by atoms with Crippen LogP contribution in [0.1, 0.15) is 28.4 Å². The summed E-state index contributed by atoms with van der Waals surface area (Å²) in [5.41, 5.74) is 2.68. The van der Waals surface area contributed by atoms with Crippen LogP contribution in [0.2, 0.25) is 0 Å². The average Bonchev–Trinajstić information content (AvgIpc) is 2.69. The Morgan fingerprint density at radius 1 is 1.14 bits per heavy atom. The quantitative estimate of drug-likeness (QED) is 0.509. The van der Waals surface area contributed by atoms with Crippen molar-refractivity contribution in [3.8, 4) is 0 Å². The molecule has 2 aromatic carbocycles. The second kappa shape index (κ2) is 9.49. The molecule has 1 amide bonds. The number of rotatable bonds is 8. The van der Waals surface area contributed by atoms with Crippen molar-refractivity contribution in [2.45, 2.75) is 31.8 Å².